The van der Waals surface area contributed by atoms with Crippen molar-refractivity contribution in [1.29, 1.82) is 0 Å². The molecular weight excluding hydrogens is 264 g/mol. The largest absolute Gasteiger partial charge is 0.477 e. The normalized spacial score (nSPS) is 11.9. The molecule has 0 unspecified atom stereocenters. The number of hydrogen-bond acceptors (Lipinski definition) is 4. The lowest BCUT2D eigenvalue weighted by Gasteiger charge is -1.97. The van der Waals surface area contributed by atoms with Crippen LogP contribution < -0.4 is 0 Å². The number of rotatable bonds is 2. The fraction of sp³-hybridized carbons (Fsp3) is 0.100. The Morgan fingerprint density at radius 1 is 1.35 bits per heavy atom. The molecule has 0 amide bonds. The first-order valence-corrected chi connectivity index (χ1v) is 6.80. The first kappa shape index (κ1) is 12.0. The lowest BCUT2D eigenvalue weighted by Crippen LogP contribution is -2.04. The van der Waals surface area contributed by atoms with Crippen LogP contribution in [0.2, 0.25) is 0 Å². The number of thiophene rings is 1. The first-order chi connectivity index (χ1) is 7.80. The standard InChI is InChI=1S/C10H8O5S2/c1-5-2-3-6-7(4-5)16-8(10(11)12)9(6)17(13,14)15/h2-4H,1H3,(H,11,12)(H,13,14,15). The van der Waals surface area contributed by atoms with E-state index in [9.17, 15) is 13.2 Å². The van der Waals surface area contributed by atoms with Crippen molar-refractivity contribution in [2.45, 2.75) is 11.8 Å². The highest BCUT2D eigenvalue weighted by Crippen LogP contribution is 2.35. The Morgan fingerprint density at radius 3 is 2.53 bits per heavy atom. The second-order valence-corrected chi connectivity index (χ2v) is 5.95. The third-order valence-electron chi connectivity index (χ3n) is 2.25. The van der Waals surface area contributed by atoms with Crippen LogP contribution in [0.15, 0.2) is 23.1 Å². The maximum absolute atomic E-state index is 11.2. The molecule has 1 heterocycles. The van der Waals surface area contributed by atoms with E-state index in [1.165, 1.54) is 6.07 Å². The fourth-order valence-electron chi connectivity index (χ4n) is 1.58. The van der Waals surface area contributed by atoms with Crippen molar-refractivity contribution < 1.29 is 22.9 Å². The summed E-state index contributed by atoms with van der Waals surface area (Å²) < 4.78 is 32.0. The molecule has 90 valence electrons. The van der Waals surface area contributed by atoms with E-state index >= 15 is 0 Å². The van der Waals surface area contributed by atoms with Crippen LogP contribution in [-0.2, 0) is 10.1 Å². The van der Waals surface area contributed by atoms with Crippen LogP contribution in [0.3, 0.4) is 0 Å². The monoisotopic (exact) mass is 272 g/mol. The first-order valence-electron chi connectivity index (χ1n) is 4.54. The van der Waals surface area contributed by atoms with E-state index in [0.717, 1.165) is 16.9 Å². The minimum absolute atomic E-state index is 0.237. The molecule has 2 aromatic rings. The SMILES string of the molecule is Cc1ccc2c(S(=O)(=O)O)c(C(=O)O)sc2c1. The van der Waals surface area contributed by atoms with Crippen molar-refractivity contribution in [3.63, 3.8) is 0 Å². The van der Waals surface area contributed by atoms with Crippen molar-refractivity contribution in [1.82, 2.24) is 0 Å². The summed E-state index contributed by atoms with van der Waals surface area (Å²) in [6, 6.07) is 4.84. The van der Waals surface area contributed by atoms with Crippen molar-refractivity contribution in [3.05, 3.63) is 28.6 Å². The van der Waals surface area contributed by atoms with Gasteiger partial charge in [-0.15, -0.1) is 11.3 Å². The van der Waals surface area contributed by atoms with E-state index in [2.05, 4.69) is 0 Å². The number of carboxylic acid groups (broad SMARTS) is 1. The Bertz CT molecular complexity index is 712. The highest BCUT2D eigenvalue weighted by Gasteiger charge is 2.26. The second-order valence-electron chi connectivity index (χ2n) is 3.54. The predicted octanol–water partition coefficient (Wildman–Crippen LogP) is 2.15. The molecule has 0 aliphatic heterocycles. The van der Waals surface area contributed by atoms with E-state index in [1.807, 2.05) is 6.92 Å². The quantitative estimate of drug-likeness (QED) is 0.817. The van der Waals surface area contributed by atoms with Gasteiger partial charge in [-0.1, -0.05) is 12.1 Å². The number of carboxylic acids is 1. The van der Waals surface area contributed by atoms with Gasteiger partial charge in [0.1, 0.15) is 9.77 Å². The van der Waals surface area contributed by atoms with Crippen LogP contribution in [0, 0.1) is 6.92 Å². The number of benzene rings is 1. The maximum atomic E-state index is 11.2. The molecule has 0 atom stereocenters. The zero-order chi connectivity index (χ0) is 12.8. The average Bonchev–Trinajstić information content (AvgIpc) is 2.55. The van der Waals surface area contributed by atoms with Crippen molar-refractivity contribution in [2.24, 2.45) is 0 Å². The summed E-state index contributed by atoms with van der Waals surface area (Å²) in [5.41, 5.74) is 0.887. The molecule has 17 heavy (non-hydrogen) atoms. The van der Waals surface area contributed by atoms with Crippen LogP contribution in [0.1, 0.15) is 15.2 Å². The molecule has 0 aliphatic carbocycles. The molecule has 0 saturated heterocycles. The second kappa shape index (κ2) is 3.80. The van der Waals surface area contributed by atoms with Gasteiger partial charge in [0.05, 0.1) is 0 Å². The van der Waals surface area contributed by atoms with Gasteiger partial charge in [0.2, 0.25) is 0 Å². The topological polar surface area (TPSA) is 91.7 Å². The van der Waals surface area contributed by atoms with Gasteiger partial charge >= 0.3 is 5.97 Å². The Labute approximate surface area is 101 Å². The highest BCUT2D eigenvalue weighted by molar-refractivity contribution is 7.86. The van der Waals surface area contributed by atoms with E-state index in [0.29, 0.717) is 4.70 Å². The molecule has 0 bridgehead atoms. The zero-order valence-corrected chi connectivity index (χ0v) is 10.3. The molecule has 0 saturated carbocycles. The van der Waals surface area contributed by atoms with Crippen molar-refractivity contribution in [2.75, 3.05) is 0 Å². The Morgan fingerprint density at radius 2 is 2.00 bits per heavy atom. The third kappa shape index (κ3) is 2.04. The van der Waals surface area contributed by atoms with Crippen LogP contribution >= 0.6 is 11.3 Å². The van der Waals surface area contributed by atoms with Crippen LogP contribution in [0.25, 0.3) is 10.1 Å². The molecule has 0 radical (unpaired) electrons. The Balaban J connectivity index is 2.96. The minimum atomic E-state index is -4.55. The molecule has 2 N–H and O–H groups in total. The van der Waals surface area contributed by atoms with Gasteiger partial charge in [0.15, 0.2) is 0 Å². The minimum Gasteiger partial charge on any atom is -0.477 e. The Kier molecular flexibility index (Phi) is 2.69. The van der Waals surface area contributed by atoms with Crippen molar-refractivity contribution >= 4 is 37.5 Å². The smallest absolute Gasteiger partial charge is 0.347 e. The molecule has 1 aromatic carbocycles. The van der Waals surface area contributed by atoms with Crippen LogP contribution in [0.5, 0.6) is 0 Å². The van der Waals surface area contributed by atoms with Gasteiger partial charge < -0.3 is 5.11 Å². The molecule has 2 rings (SSSR count). The number of aromatic carboxylic acids is 1. The van der Waals surface area contributed by atoms with Gasteiger partial charge in [-0.3, -0.25) is 4.55 Å². The number of fused-ring (bicyclic) bond motifs is 1. The van der Waals surface area contributed by atoms with Gasteiger partial charge in [-0.25, -0.2) is 4.79 Å². The molecule has 0 aliphatic rings. The van der Waals surface area contributed by atoms with Gasteiger partial charge in [0, 0.05) is 10.1 Å². The average molecular weight is 272 g/mol. The van der Waals surface area contributed by atoms with Crippen LogP contribution in [-0.4, -0.2) is 24.0 Å². The van der Waals surface area contributed by atoms with E-state index in [-0.39, 0.29) is 10.3 Å². The number of carbonyl (C=O) groups is 1. The lowest BCUT2D eigenvalue weighted by molar-refractivity contribution is 0.0698. The summed E-state index contributed by atoms with van der Waals surface area (Å²) in [4.78, 5) is 10.1. The highest BCUT2D eigenvalue weighted by atomic mass is 32.2. The molecule has 5 nitrogen and oxygen atoms in total. The Hall–Kier alpha value is -1.44. The summed E-state index contributed by atoms with van der Waals surface area (Å²) in [5, 5.41) is 9.17. The summed E-state index contributed by atoms with van der Waals surface area (Å²) in [7, 11) is -4.55. The maximum Gasteiger partial charge on any atom is 0.347 e. The molecule has 7 heteroatoms. The van der Waals surface area contributed by atoms with Gasteiger partial charge in [-0.05, 0) is 18.6 Å². The molecule has 1 aromatic heterocycles. The van der Waals surface area contributed by atoms with E-state index in [4.69, 9.17) is 9.66 Å². The van der Waals surface area contributed by atoms with Crippen molar-refractivity contribution in [3.8, 4) is 0 Å². The molecule has 0 spiro atoms. The number of hydrogen-bond donors (Lipinski definition) is 2. The van der Waals surface area contributed by atoms with Gasteiger partial charge in [-0.2, -0.15) is 8.42 Å². The molecule has 0 fully saturated rings. The lowest BCUT2D eigenvalue weighted by atomic mass is 10.2. The van der Waals surface area contributed by atoms with E-state index < -0.39 is 21.0 Å². The third-order valence-corrected chi connectivity index (χ3v) is 4.46. The predicted molar refractivity (Wildman–Crippen MR) is 63.3 cm³/mol. The summed E-state index contributed by atoms with van der Waals surface area (Å²) >= 11 is 0.834. The zero-order valence-electron chi connectivity index (χ0n) is 8.67. The fourth-order valence-corrected chi connectivity index (χ4v) is 3.89. The van der Waals surface area contributed by atoms with Crippen LogP contribution in [0.4, 0.5) is 0 Å². The molecular formula is C10H8O5S2. The summed E-state index contributed by atoms with van der Waals surface area (Å²) in [6.07, 6.45) is 0. The van der Waals surface area contributed by atoms with Gasteiger partial charge in [0.25, 0.3) is 10.1 Å². The number of aryl methyl sites for hydroxylation is 1. The summed E-state index contributed by atoms with van der Waals surface area (Å²) in [5.74, 6) is -1.36. The van der Waals surface area contributed by atoms with E-state index in [1.54, 1.807) is 12.1 Å². The summed E-state index contributed by atoms with van der Waals surface area (Å²) in [6.45, 7) is 1.81.